The van der Waals surface area contributed by atoms with E-state index < -0.39 is 5.97 Å². The molecule has 3 N–H and O–H groups in total. The van der Waals surface area contributed by atoms with E-state index in [2.05, 4.69) is 5.32 Å². The van der Waals surface area contributed by atoms with Crippen molar-refractivity contribution in [3.8, 4) is 5.75 Å². The Bertz CT molecular complexity index is 767. The highest BCUT2D eigenvalue weighted by Crippen LogP contribution is 2.25. The number of hydrogen-bond acceptors (Lipinski definition) is 3. The van der Waals surface area contributed by atoms with Crippen molar-refractivity contribution in [3.05, 3.63) is 58.7 Å². The Kier molecular flexibility index (Phi) is 3.55. The molecule has 0 heterocycles. The Morgan fingerprint density at radius 1 is 1.00 bits per heavy atom. The van der Waals surface area contributed by atoms with E-state index in [1.54, 1.807) is 6.07 Å². The van der Waals surface area contributed by atoms with E-state index in [1.807, 2.05) is 12.1 Å². The van der Waals surface area contributed by atoms with Crippen molar-refractivity contribution < 1.29 is 19.8 Å². The summed E-state index contributed by atoms with van der Waals surface area (Å²) in [5.41, 5.74) is 3.21. The quantitative estimate of drug-likeness (QED) is 0.813. The van der Waals surface area contributed by atoms with E-state index in [0.29, 0.717) is 11.3 Å². The molecule has 2 aromatic rings. The number of carboxylic acid groups (broad SMARTS) is 1. The second-order valence-electron chi connectivity index (χ2n) is 5.33. The predicted molar refractivity (Wildman–Crippen MR) is 81.5 cm³/mol. The number of anilines is 1. The Morgan fingerprint density at radius 3 is 2.50 bits per heavy atom. The Labute approximate surface area is 127 Å². The number of amides is 1. The first-order chi connectivity index (χ1) is 10.5. The van der Waals surface area contributed by atoms with Crippen LogP contribution in [0.4, 0.5) is 5.69 Å². The summed E-state index contributed by atoms with van der Waals surface area (Å²) in [4.78, 5) is 23.1. The lowest BCUT2D eigenvalue weighted by Gasteiger charge is -2.08. The minimum atomic E-state index is -1.21. The van der Waals surface area contributed by atoms with E-state index in [4.69, 9.17) is 5.11 Å². The van der Waals surface area contributed by atoms with Gasteiger partial charge in [0.15, 0.2) is 0 Å². The molecule has 0 spiro atoms. The lowest BCUT2D eigenvalue weighted by molar-refractivity contribution is 0.0693. The first-order valence-corrected chi connectivity index (χ1v) is 7.04. The summed E-state index contributed by atoms with van der Waals surface area (Å²) in [5, 5.41) is 21.2. The van der Waals surface area contributed by atoms with Gasteiger partial charge in [0.25, 0.3) is 5.91 Å². The summed E-state index contributed by atoms with van der Waals surface area (Å²) < 4.78 is 0. The predicted octanol–water partition coefficient (Wildman–Crippen LogP) is 2.83. The van der Waals surface area contributed by atoms with Crippen LogP contribution >= 0.6 is 0 Å². The number of aromatic carboxylic acids is 1. The fourth-order valence-corrected chi connectivity index (χ4v) is 2.71. The number of hydrogen-bond donors (Lipinski definition) is 3. The van der Waals surface area contributed by atoms with E-state index in [1.165, 1.54) is 29.3 Å². The number of nitrogens with one attached hydrogen (secondary N) is 1. The van der Waals surface area contributed by atoms with Crippen molar-refractivity contribution in [2.45, 2.75) is 19.3 Å². The van der Waals surface area contributed by atoms with E-state index in [9.17, 15) is 14.7 Å². The maximum absolute atomic E-state index is 12.2. The highest BCUT2D eigenvalue weighted by molar-refractivity contribution is 6.05. The molecule has 0 fully saturated rings. The molecule has 1 aliphatic carbocycles. The average molecular weight is 297 g/mol. The average Bonchev–Trinajstić information content (AvgIpc) is 2.94. The number of carbonyl (C=O) groups is 2. The molecule has 0 unspecified atom stereocenters. The highest BCUT2D eigenvalue weighted by atomic mass is 16.4. The van der Waals surface area contributed by atoms with Crippen LogP contribution in [0.25, 0.3) is 0 Å². The van der Waals surface area contributed by atoms with E-state index in [-0.39, 0.29) is 17.2 Å². The maximum atomic E-state index is 12.2. The van der Waals surface area contributed by atoms with Crippen molar-refractivity contribution >= 4 is 17.6 Å². The van der Waals surface area contributed by atoms with Gasteiger partial charge in [-0.2, -0.15) is 0 Å². The molecule has 0 aliphatic heterocycles. The molecule has 0 radical (unpaired) electrons. The molecule has 22 heavy (non-hydrogen) atoms. The van der Waals surface area contributed by atoms with Gasteiger partial charge in [0.1, 0.15) is 11.3 Å². The molecule has 0 saturated heterocycles. The van der Waals surface area contributed by atoms with Gasteiger partial charge in [0, 0.05) is 17.3 Å². The van der Waals surface area contributed by atoms with Gasteiger partial charge in [-0.25, -0.2) is 4.79 Å². The molecule has 0 saturated carbocycles. The summed E-state index contributed by atoms with van der Waals surface area (Å²) in [6.45, 7) is 0. The van der Waals surface area contributed by atoms with Crippen molar-refractivity contribution in [1.82, 2.24) is 0 Å². The third kappa shape index (κ3) is 2.65. The van der Waals surface area contributed by atoms with Crippen molar-refractivity contribution in [2.75, 3.05) is 5.32 Å². The van der Waals surface area contributed by atoms with Gasteiger partial charge >= 0.3 is 5.97 Å². The molecule has 0 aromatic heterocycles. The van der Waals surface area contributed by atoms with Gasteiger partial charge in [0.2, 0.25) is 0 Å². The number of carboxylic acids is 1. The molecule has 5 nitrogen and oxygen atoms in total. The molecule has 1 aliphatic rings. The summed E-state index contributed by atoms with van der Waals surface area (Å²) in [6.07, 6.45) is 3.16. The van der Waals surface area contributed by atoms with Crippen LogP contribution in [0.5, 0.6) is 5.75 Å². The number of rotatable bonds is 3. The number of fused-ring (bicyclic) bond motifs is 1. The number of benzene rings is 2. The summed E-state index contributed by atoms with van der Waals surface area (Å²) >= 11 is 0. The number of phenols is 1. The number of carbonyl (C=O) groups excluding carboxylic acids is 1. The minimum Gasteiger partial charge on any atom is -0.507 e. The molecule has 0 bridgehead atoms. The van der Waals surface area contributed by atoms with Gasteiger partial charge < -0.3 is 15.5 Å². The third-order valence-electron chi connectivity index (χ3n) is 3.85. The van der Waals surface area contributed by atoms with Crippen LogP contribution in [0, 0.1) is 0 Å². The van der Waals surface area contributed by atoms with Gasteiger partial charge in [-0.3, -0.25) is 4.79 Å². The molecule has 3 rings (SSSR count). The lowest BCUT2D eigenvalue weighted by Crippen LogP contribution is -2.12. The van der Waals surface area contributed by atoms with Crippen molar-refractivity contribution in [1.29, 1.82) is 0 Å². The summed E-state index contributed by atoms with van der Waals surface area (Å²) in [7, 11) is 0. The fourth-order valence-electron chi connectivity index (χ4n) is 2.71. The largest absolute Gasteiger partial charge is 0.507 e. The van der Waals surface area contributed by atoms with Crippen LogP contribution in [0.3, 0.4) is 0 Å². The molecule has 1 amide bonds. The highest BCUT2D eigenvalue weighted by Gasteiger charge is 2.15. The zero-order valence-corrected chi connectivity index (χ0v) is 11.8. The molecular formula is C17H15NO4. The standard InChI is InChI=1S/C17H15NO4/c19-15-9-13(6-7-14(15)17(21)22)18-16(20)12-5-4-10-2-1-3-11(10)8-12/h4-9,19H,1-3H2,(H,18,20)(H,21,22). The molecule has 2 aromatic carbocycles. The zero-order chi connectivity index (χ0) is 15.7. The number of aryl methyl sites for hydroxylation is 2. The molecule has 0 atom stereocenters. The summed E-state index contributed by atoms with van der Waals surface area (Å²) in [6, 6.07) is 9.59. The van der Waals surface area contributed by atoms with E-state index >= 15 is 0 Å². The van der Waals surface area contributed by atoms with Gasteiger partial charge in [0.05, 0.1) is 0 Å². The van der Waals surface area contributed by atoms with E-state index in [0.717, 1.165) is 19.3 Å². The van der Waals surface area contributed by atoms with Crippen molar-refractivity contribution in [3.63, 3.8) is 0 Å². The van der Waals surface area contributed by atoms with Crippen LogP contribution in [0.2, 0.25) is 0 Å². The smallest absolute Gasteiger partial charge is 0.339 e. The number of aromatic hydroxyl groups is 1. The molecule has 5 heteroatoms. The van der Waals surface area contributed by atoms with Gasteiger partial charge in [-0.15, -0.1) is 0 Å². The third-order valence-corrected chi connectivity index (χ3v) is 3.85. The zero-order valence-electron chi connectivity index (χ0n) is 11.8. The van der Waals surface area contributed by atoms with Crippen LogP contribution in [-0.2, 0) is 12.8 Å². The Balaban J connectivity index is 1.79. The minimum absolute atomic E-state index is 0.199. The second kappa shape index (κ2) is 5.52. The molecule has 112 valence electrons. The Hall–Kier alpha value is -2.82. The fraction of sp³-hybridized carbons (Fsp3) is 0.176. The van der Waals surface area contributed by atoms with Crippen molar-refractivity contribution in [2.24, 2.45) is 0 Å². The lowest BCUT2D eigenvalue weighted by atomic mass is 10.1. The summed E-state index contributed by atoms with van der Waals surface area (Å²) in [5.74, 6) is -1.87. The van der Waals surface area contributed by atoms with Crippen LogP contribution in [0.1, 0.15) is 38.3 Å². The Morgan fingerprint density at radius 2 is 1.77 bits per heavy atom. The van der Waals surface area contributed by atoms with Crippen LogP contribution in [-0.4, -0.2) is 22.1 Å². The monoisotopic (exact) mass is 297 g/mol. The maximum Gasteiger partial charge on any atom is 0.339 e. The van der Waals surface area contributed by atoms with Gasteiger partial charge in [-0.05, 0) is 54.7 Å². The van der Waals surface area contributed by atoms with Crippen LogP contribution < -0.4 is 5.32 Å². The van der Waals surface area contributed by atoms with Crippen LogP contribution in [0.15, 0.2) is 36.4 Å². The normalized spacial score (nSPS) is 12.7. The second-order valence-corrected chi connectivity index (χ2v) is 5.33. The topological polar surface area (TPSA) is 86.6 Å². The SMILES string of the molecule is O=C(Nc1ccc(C(=O)O)c(O)c1)c1ccc2c(c1)CCC2. The van der Waals surface area contributed by atoms with Gasteiger partial charge in [-0.1, -0.05) is 6.07 Å². The molecular weight excluding hydrogens is 282 g/mol. The first-order valence-electron chi connectivity index (χ1n) is 7.04. The first kappa shape index (κ1) is 14.1.